The zero-order chi connectivity index (χ0) is 13.2. The van der Waals surface area contributed by atoms with Crippen molar-refractivity contribution in [3.05, 3.63) is 65.7 Å². The van der Waals surface area contributed by atoms with E-state index in [0.29, 0.717) is 22.2 Å². The van der Waals surface area contributed by atoms with Crippen molar-refractivity contribution in [1.29, 1.82) is 0 Å². The van der Waals surface area contributed by atoms with E-state index in [0.717, 1.165) is 10.8 Å². The number of ether oxygens (including phenoxy) is 1. The van der Waals surface area contributed by atoms with Gasteiger partial charge in [-0.05, 0) is 23.6 Å². The molecule has 0 atom stereocenters. The normalized spacial score (nSPS) is 10.6. The van der Waals surface area contributed by atoms with Crippen LogP contribution in [0.25, 0.3) is 10.8 Å². The number of hydrogen-bond donors (Lipinski definition) is 1. The Morgan fingerprint density at radius 1 is 0.842 bits per heavy atom. The standard InChI is InChI=1S/C16H12ClNO/c17-12-9-11-5-1-2-6-13(11)16(10-12)19-15-8-4-3-7-14(15)18/h1-10H,18H2. The zero-order valence-corrected chi connectivity index (χ0v) is 10.9. The fraction of sp³-hybridized carbons (Fsp3) is 0. The Labute approximate surface area is 116 Å². The smallest absolute Gasteiger partial charge is 0.150 e. The van der Waals surface area contributed by atoms with Crippen LogP contribution in [0, 0.1) is 0 Å². The summed E-state index contributed by atoms with van der Waals surface area (Å²) in [5, 5.41) is 2.69. The molecule has 19 heavy (non-hydrogen) atoms. The van der Waals surface area contributed by atoms with E-state index in [-0.39, 0.29) is 0 Å². The van der Waals surface area contributed by atoms with Gasteiger partial charge in [-0.1, -0.05) is 48.0 Å². The Morgan fingerprint density at radius 2 is 1.58 bits per heavy atom. The highest BCUT2D eigenvalue weighted by Crippen LogP contribution is 2.34. The molecule has 2 N–H and O–H groups in total. The van der Waals surface area contributed by atoms with E-state index in [1.165, 1.54) is 0 Å². The lowest BCUT2D eigenvalue weighted by Crippen LogP contribution is -1.92. The molecule has 0 radical (unpaired) electrons. The first kappa shape index (κ1) is 11.9. The molecular weight excluding hydrogens is 258 g/mol. The highest BCUT2D eigenvalue weighted by molar-refractivity contribution is 6.31. The first-order valence-electron chi connectivity index (χ1n) is 5.95. The lowest BCUT2D eigenvalue weighted by atomic mass is 10.1. The lowest BCUT2D eigenvalue weighted by Gasteiger charge is -2.11. The number of nitrogen functional groups attached to an aromatic ring is 1. The largest absolute Gasteiger partial charge is 0.454 e. The van der Waals surface area contributed by atoms with E-state index in [9.17, 15) is 0 Å². The maximum atomic E-state index is 6.12. The van der Waals surface area contributed by atoms with Crippen LogP contribution in [0.15, 0.2) is 60.7 Å². The Balaban J connectivity index is 2.13. The summed E-state index contributed by atoms with van der Waals surface area (Å²) in [6, 6.07) is 19.1. The van der Waals surface area contributed by atoms with Gasteiger partial charge in [0.2, 0.25) is 0 Å². The predicted octanol–water partition coefficient (Wildman–Crippen LogP) is 4.87. The Hall–Kier alpha value is -2.19. The SMILES string of the molecule is Nc1ccccc1Oc1cc(Cl)cc2ccccc12. The third-order valence-corrected chi connectivity index (χ3v) is 3.15. The molecule has 3 rings (SSSR count). The number of rotatable bonds is 2. The first-order valence-corrected chi connectivity index (χ1v) is 6.32. The van der Waals surface area contributed by atoms with Crippen LogP contribution >= 0.6 is 11.6 Å². The van der Waals surface area contributed by atoms with Crippen LogP contribution < -0.4 is 10.5 Å². The van der Waals surface area contributed by atoms with Crippen molar-refractivity contribution in [2.24, 2.45) is 0 Å². The molecule has 2 nitrogen and oxygen atoms in total. The van der Waals surface area contributed by atoms with E-state index < -0.39 is 0 Å². The first-order chi connectivity index (χ1) is 9.24. The number of halogens is 1. The highest BCUT2D eigenvalue weighted by Gasteiger charge is 2.07. The molecule has 0 aliphatic carbocycles. The van der Waals surface area contributed by atoms with Crippen molar-refractivity contribution in [2.75, 3.05) is 5.73 Å². The van der Waals surface area contributed by atoms with Gasteiger partial charge < -0.3 is 10.5 Å². The van der Waals surface area contributed by atoms with Gasteiger partial charge in [0.1, 0.15) is 11.5 Å². The summed E-state index contributed by atoms with van der Waals surface area (Å²) in [6.07, 6.45) is 0. The minimum Gasteiger partial charge on any atom is -0.454 e. The molecule has 3 heteroatoms. The fourth-order valence-electron chi connectivity index (χ4n) is 2.02. The maximum absolute atomic E-state index is 6.12. The van der Waals surface area contributed by atoms with Crippen LogP contribution in [0.3, 0.4) is 0 Å². The Kier molecular flexibility index (Phi) is 3.02. The van der Waals surface area contributed by atoms with Crippen molar-refractivity contribution >= 4 is 28.1 Å². The summed E-state index contributed by atoms with van der Waals surface area (Å²) in [7, 11) is 0. The maximum Gasteiger partial charge on any atom is 0.150 e. The summed E-state index contributed by atoms with van der Waals surface area (Å²) >= 11 is 6.12. The van der Waals surface area contributed by atoms with Crippen molar-refractivity contribution in [2.45, 2.75) is 0 Å². The van der Waals surface area contributed by atoms with Crippen LogP contribution in [-0.4, -0.2) is 0 Å². The van der Waals surface area contributed by atoms with Crippen molar-refractivity contribution in [3.63, 3.8) is 0 Å². The summed E-state index contributed by atoms with van der Waals surface area (Å²) in [4.78, 5) is 0. The summed E-state index contributed by atoms with van der Waals surface area (Å²) in [5.74, 6) is 1.34. The minimum atomic E-state index is 0.603. The van der Waals surface area contributed by atoms with Gasteiger partial charge in [-0.2, -0.15) is 0 Å². The summed E-state index contributed by atoms with van der Waals surface area (Å²) < 4.78 is 5.89. The molecule has 0 unspecified atom stereocenters. The fourth-order valence-corrected chi connectivity index (χ4v) is 2.23. The van der Waals surface area contributed by atoms with E-state index in [1.807, 2.05) is 54.6 Å². The van der Waals surface area contributed by atoms with Crippen LogP contribution in [0.1, 0.15) is 0 Å². The second-order valence-corrected chi connectivity index (χ2v) is 4.70. The van der Waals surface area contributed by atoms with Gasteiger partial charge in [0.25, 0.3) is 0 Å². The van der Waals surface area contributed by atoms with Gasteiger partial charge in [0, 0.05) is 16.5 Å². The van der Waals surface area contributed by atoms with E-state index in [1.54, 1.807) is 6.07 Å². The predicted molar refractivity (Wildman–Crippen MR) is 79.9 cm³/mol. The Bertz CT molecular complexity index is 740. The van der Waals surface area contributed by atoms with Crippen molar-refractivity contribution < 1.29 is 4.74 Å². The van der Waals surface area contributed by atoms with Crippen LogP contribution in [0.2, 0.25) is 5.02 Å². The van der Waals surface area contributed by atoms with E-state index >= 15 is 0 Å². The number of para-hydroxylation sites is 2. The van der Waals surface area contributed by atoms with E-state index in [4.69, 9.17) is 22.1 Å². The van der Waals surface area contributed by atoms with Crippen LogP contribution in [0.5, 0.6) is 11.5 Å². The van der Waals surface area contributed by atoms with Crippen LogP contribution in [-0.2, 0) is 0 Å². The molecule has 0 aromatic heterocycles. The Morgan fingerprint density at radius 3 is 2.42 bits per heavy atom. The number of fused-ring (bicyclic) bond motifs is 1. The van der Waals surface area contributed by atoms with Gasteiger partial charge in [0.15, 0.2) is 0 Å². The topological polar surface area (TPSA) is 35.2 Å². The molecule has 0 heterocycles. The molecule has 0 spiro atoms. The molecule has 0 aliphatic rings. The van der Waals surface area contributed by atoms with Gasteiger partial charge in [0.05, 0.1) is 5.69 Å². The van der Waals surface area contributed by atoms with Gasteiger partial charge in [-0.25, -0.2) is 0 Å². The van der Waals surface area contributed by atoms with Crippen LogP contribution in [0.4, 0.5) is 5.69 Å². The second-order valence-electron chi connectivity index (χ2n) is 4.26. The molecule has 0 saturated carbocycles. The van der Waals surface area contributed by atoms with Gasteiger partial charge >= 0.3 is 0 Å². The molecule has 3 aromatic carbocycles. The summed E-state index contributed by atoms with van der Waals surface area (Å²) in [5.41, 5.74) is 6.50. The molecule has 0 bridgehead atoms. The molecule has 0 fully saturated rings. The zero-order valence-electron chi connectivity index (χ0n) is 10.1. The molecular formula is C16H12ClNO. The molecule has 0 aliphatic heterocycles. The monoisotopic (exact) mass is 269 g/mol. The van der Waals surface area contributed by atoms with Crippen molar-refractivity contribution in [3.8, 4) is 11.5 Å². The number of nitrogens with two attached hydrogens (primary N) is 1. The molecule has 0 amide bonds. The lowest BCUT2D eigenvalue weighted by molar-refractivity contribution is 0.491. The minimum absolute atomic E-state index is 0.603. The number of anilines is 1. The average Bonchev–Trinajstić information content (AvgIpc) is 2.41. The quantitative estimate of drug-likeness (QED) is 0.674. The third-order valence-electron chi connectivity index (χ3n) is 2.93. The average molecular weight is 270 g/mol. The highest BCUT2D eigenvalue weighted by atomic mass is 35.5. The van der Waals surface area contributed by atoms with Gasteiger partial charge in [-0.3, -0.25) is 0 Å². The molecule has 0 saturated heterocycles. The second kappa shape index (κ2) is 4.82. The third kappa shape index (κ3) is 2.35. The molecule has 94 valence electrons. The van der Waals surface area contributed by atoms with Gasteiger partial charge in [-0.15, -0.1) is 0 Å². The number of benzene rings is 3. The van der Waals surface area contributed by atoms with Crippen molar-refractivity contribution in [1.82, 2.24) is 0 Å². The van der Waals surface area contributed by atoms with E-state index in [2.05, 4.69) is 0 Å². The molecule has 3 aromatic rings. The number of hydrogen-bond acceptors (Lipinski definition) is 2. The summed E-state index contributed by atoms with van der Waals surface area (Å²) in [6.45, 7) is 0.